The number of carbonyl (C=O) groups is 1. The van der Waals surface area contributed by atoms with Crippen LogP contribution in [0.3, 0.4) is 0 Å². The van der Waals surface area contributed by atoms with Gasteiger partial charge in [0.25, 0.3) is 5.91 Å². The molecule has 1 aliphatic rings. The van der Waals surface area contributed by atoms with Gasteiger partial charge in [-0.3, -0.25) is 9.78 Å². The van der Waals surface area contributed by atoms with Gasteiger partial charge in [-0.05, 0) is 73.0 Å². The summed E-state index contributed by atoms with van der Waals surface area (Å²) in [6.07, 6.45) is -2.28. The molecule has 3 aromatic carbocycles. The van der Waals surface area contributed by atoms with Crippen LogP contribution in [-0.4, -0.2) is 34.0 Å². The van der Waals surface area contributed by atoms with Crippen molar-refractivity contribution in [1.82, 2.24) is 9.88 Å². The molecule has 0 spiro atoms. The lowest BCUT2D eigenvalue weighted by Crippen LogP contribution is -2.45. The van der Waals surface area contributed by atoms with Gasteiger partial charge < -0.3 is 15.3 Å². The molecule has 0 bridgehead atoms. The third kappa shape index (κ3) is 5.29. The summed E-state index contributed by atoms with van der Waals surface area (Å²) in [7, 11) is 0. The highest BCUT2D eigenvalue weighted by Crippen LogP contribution is 2.37. The highest BCUT2D eigenvalue weighted by molar-refractivity contribution is 6.42. The lowest BCUT2D eigenvalue weighted by molar-refractivity contribution is -0.137. The Morgan fingerprint density at radius 1 is 0.947 bits per heavy atom. The molecule has 10 heteroatoms. The Morgan fingerprint density at radius 2 is 1.66 bits per heavy atom. The van der Waals surface area contributed by atoms with E-state index in [4.69, 9.17) is 23.2 Å². The van der Waals surface area contributed by atoms with E-state index in [1.807, 2.05) is 0 Å². The van der Waals surface area contributed by atoms with E-state index in [9.17, 15) is 23.1 Å². The van der Waals surface area contributed by atoms with Crippen molar-refractivity contribution >= 4 is 51.4 Å². The van der Waals surface area contributed by atoms with Crippen LogP contribution in [0, 0.1) is 0 Å². The molecule has 0 unspecified atom stereocenters. The third-order valence-corrected chi connectivity index (χ3v) is 7.55. The number of aromatic nitrogens is 1. The second-order valence-corrected chi connectivity index (χ2v) is 10.1. The number of nitrogens with one attached hydrogen (secondary N) is 1. The largest absolute Gasteiger partial charge is 0.416 e. The molecule has 1 aliphatic heterocycles. The molecule has 0 saturated carbocycles. The first kappa shape index (κ1) is 26.3. The summed E-state index contributed by atoms with van der Waals surface area (Å²) in [4.78, 5) is 18.8. The normalized spacial score (nSPS) is 15.5. The van der Waals surface area contributed by atoms with Crippen molar-refractivity contribution in [2.75, 3.05) is 18.4 Å². The van der Waals surface area contributed by atoms with Crippen molar-refractivity contribution in [1.29, 1.82) is 0 Å². The number of fused-ring (bicyclic) bond motifs is 1. The predicted octanol–water partition coefficient (Wildman–Crippen LogP) is 7.43. The highest BCUT2D eigenvalue weighted by Gasteiger charge is 2.36. The summed E-state index contributed by atoms with van der Waals surface area (Å²) >= 11 is 12.1. The van der Waals surface area contributed by atoms with E-state index in [1.54, 1.807) is 53.4 Å². The number of nitrogens with zero attached hydrogens (tertiary/aromatic N) is 2. The van der Waals surface area contributed by atoms with E-state index < -0.39 is 17.3 Å². The summed E-state index contributed by atoms with van der Waals surface area (Å²) in [6.45, 7) is 0.747. The number of likely N-dealkylation sites (tertiary alicyclic amines) is 1. The molecule has 2 N–H and O–H groups in total. The number of aliphatic hydroxyl groups is 1. The summed E-state index contributed by atoms with van der Waals surface area (Å²) in [5.41, 5.74) is 0.806. The van der Waals surface area contributed by atoms with Gasteiger partial charge in [0.1, 0.15) is 0 Å². The maximum absolute atomic E-state index is 13.1. The lowest BCUT2D eigenvalue weighted by Gasteiger charge is -2.38. The van der Waals surface area contributed by atoms with Gasteiger partial charge in [-0.1, -0.05) is 35.3 Å². The van der Waals surface area contributed by atoms with Gasteiger partial charge >= 0.3 is 6.18 Å². The molecule has 5 rings (SSSR count). The van der Waals surface area contributed by atoms with Crippen LogP contribution in [0.5, 0.6) is 0 Å². The Kier molecular flexibility index (Phi) is 6.98. The van der Waals surface area contributed by atoms with E-state index in [1.165, 1.54) is 12.3 Å². The second-order valence-electron chi connectivity index (χ2n) is 9.24. The summed E-state index contributed by atoms with van der Waals surface area (Å²) in [6, 6.07) is 17.0. The van der Waals surface area contributed by atoms with Crippen LogP contribution in [0.25, 0.3) is 10.9 Å². The fourth-order valence-electron chi connectivity index (χ4n) is 4.62. The van der Waals surface area contributed by atoms with Gasteiger partial charge in [0.05, 0.1) is 26.7 Å². The van der Waals surface area contributed by atoms with Gasteiger partial charge in [0, 0.05) is 41.6 Å². The zero-order chi connectivity index (χ0) is 27.1. The number of amides is 1. The van der Waals surface area contributed by atoms with Crippen LogP contribution in [0.4, 0.5) is 24.5 Å². The minimum Gasteiger partial charge on any atom is -0.385 e. The van der Waals surface area contributed by atoms with Crippen molar-refractivity contribution in [3.05, 3.63) is 99.7 Å². The van der Waals surface area contributed by atoms with Gasteiger partial charge in [-0.15, -0.1) is 0 Å². The predicted molar refractivity (Wildman–Crippen MR) is 142 cm³/mol. The van der Waals surface area contributed by atoms with Gasteiger partial charge in [-0.2, -0.15) is 13.2 Å². The highest BCUT2D eigenvalue weighted by atomic mass is 35.5. The molecule has 38 heavy (non-hydrogen) atoms. The van der Waals surface area contributed by atoms with E-state index in [-0.39, 0.29) is 11.4 Å². The zero-order valence-corrected chi connectivity index (χ0v) is 21.4. The number of hydrogen-bond acceptors (Lipinski definition) is 4. The Balaban J connectivity index is 1.26. The monoisotopic (exact) mass is 559 g/mol. The van der Waals surface area contributed by atoms with Crippen LogP contribution in [-0.2, 0) is 11.8 Å². The number of benzene rings is 3. The van der Waals surface area contributed by atoms with Crippen LogP contribution in [0.2, 0.25) is 10.0 Å². The molecule has 0 aliphatic carbocycles. The Hall–Kier alpha value is -3.33. The van der Waals surface area contributed by atoms with Gasteiger partial charge in [0.2, 0.25) is 0 Å². The fraction of sp³-hybridized carbons (Fsp3) is 0.214. The van der Waals surface area contributed by atoms with Crippen LogP contribution in [0.15, 0.2) is 72.9 Å². The number of alkyl halides is 3. The number of piperidine rings is 1. The van der Waals surface area contributed by atoms with E-state index in [2.05, 4.69) is 10.3 Å². The third-order valence-electron chi connectivity index (χ3n) is 6.82. The molecule has 1 fully saturated rings. The number of pyridine rings is 1. The van der Waals surface area contributed by atoms with Gasteiger partial charge in [0.15, 0.2) is 0 Å². The molecular weight excluding hydrogens is 538 g/mol. The van der Waals surface area contributed by atoms with Crippen molar-refractivity contribution in [3.8, 4) is 0 Å². The summed E-state index contributed by atoms with van der Waals surface area (Å²) in [5, 5.41) is 15.6. The molecule has 0 atom stereocenters. The summed E-state index contributed by atoms with van der Waals surface area (Å²) in [5.74, 6) is -0.151. The van der Waals surface area contributed by atoms with Gasteiger partial charge in [-0.25, -0.2) is 0 Å². The SMILES string of the molecule is O=C(c1ccc(Nc2ccnc3cc(C(F)(F)F)ccc23)cc1)N1CCC(O)(c2ccc(Cl)c(Cl)c2)CC1. The van der Waals surface area contributed by atoms with E-state index in [0.717, 1.165) is 12.1 Å². The minimum atomic E-state index is -4.45. The molecule has 5 nitrogen and oxygen atoms in total. The first-order valence-corrected chi connectivity index (χ1v) is 12.6. The quantitative estimate of drug-likeness (QED) is 0.273. The van der Waals surface area contributed by atoms with Crippen molar-refractivity contribution in [2.45, 2.75) is 24.6 Å². The van der Waals surface area contributed by atoms with Crippen LogP contribution >= 0.6 is 23.2 Å². The number of hydrogen-bond donors (Lipinski definition) is 2. The standard InChI is InChI=1S/C28H22Cl2F3N3O2/c29-22-8-4-18(15-23(22)30)27(38)10-13-36(14-11-27)26(37)17-1-5-20(6-2-17)35-24-9-12-34-25-16-19(28(31,32)33)3-7-21(24)25/h1-9,12,15-16,38H,10-11,13-14H2,(H,34,35). The molecule has 0 radical (unpaired) electrons. The minimum absolute atomic E-state index is 0.151. The molecule has 196 valence electrons. The Bertz CT molecular complexity index is 1500. The second kappa shape index (κ2) is 10.1. The average Bonchev–Trinajstić information content (AvgIpc) is 2.90. The Morgan fingerprint density at radius 3 is 2.32 bits per heavy atom. The van der Waals surface area contributed by atoms with Crippen molar-refractivity contribution in [2.24, 2.45) is 0 Å². The molecule has 4 aromatic rings. The maximum atomic E-state index is 13.1. The average molecular weight is 560 g/mol. The maximum Gasteiger partial charge on any atom is 0.416 e. The zero-order valence-electron chi connectivity index (χ0n) is 19.9. The van der Waals surface area contributed by atoms with E-state index >= 15 is 0 Å². The van der Waals surface area contributed by atoms with Crippen molar-refractivity contribution in [3.63, 3.8) is 0 Å². The molecule has 1 aromatic heterocycles. The number of rotatable bonds is 4. The molecule has 2 heterocycles. The van der Waals surface area contributed by atoms with Crippen LogP contribution in [0.1, 0.15) is 34.3 Å². The molecule has 1 saturated heterocycles. The van der Waals surface area contributed by atoms with Crippen LogP contribution < -0.4 is 5.32 Å². The fourth-order valence-corrected chi connectivity index (χ4v) is 4.92. The number of anilines is 2. The summed E-state index contributed by atoms with van der Waals surface area (Å²) < 4.78 is 39.1. The first-order chi connectivity index (χ1) is 18.0. The van der Waals surface area contributed by atoms with Crippen molar-refractivity contribution < 1.29 is 23.1 Å². The lowest BCUT2D eigenvalue weighted by atomic mass is 9.84. The first-order valence-electron chi connectivity index (χ1n) is 11.8. The molecule has 1 amide bonds. The Labute approximate surface area is 226 Å². The number of carbonyl (C=O) groups excluding carboxylic acids is 1. The molecular formula is C28H22Cl2F3N3O2. The van der Waals surface area contributed by atoms with E-state index in [0.29, 0.717) is 63.9 Å². The smallest absolute Gasteiger partial charge is 0.385 e. The topological polar surface area (TPSA) is 65.5 Å². The number of halogens is 5.